The van der Waals surface area contributed by atoms with E-state index in [1.807, 2.05) is 36.0 Å². The molecule has 0 heterocycles. The number of rotatable bonds is 7. The summed E-state index contributed by atoms with van der Waals surface area (Å²) in [6.07, 6.45) is 0. The molecule has 2 N–H and O–H groups in total. The van der Waals surface area contributed by atoms with E-state index in [1.54, 1.807) is 7.05 Å². The lowest BCUT2D eigenvalue weighted by Crippen LogP contribution is -2.22. The molecule has 23 heavy (non-hydrogen) atoms. The summed E-state index contributed by atoms with van der Waals surface area (Å²) in [4.78, 5) is 12.8. The van der Waals surface area contributed by atoms with E-state index in [2.05, 4.69) is 57.8 Å². The molecule has 1 unspecified atom stereocenters. The van der Waals surface area contributed by atoms with Crippen LogP contribution in [0.1, 0.15) is 22.8 Å². The molecule has 0 bridgehead atoms. The van der Waals surface area contributed by atoms with Gasteiger partial charge in [0, 0.05) is 40.3 Å². The highest BCUT2D eigenvalue weighted by Crippen LogP contribution is 2.24. The fraction of sp³-hybridized carbons (Fsp3) is 0.278. The van der Waals surface area contributed by atoms with Crippen LogP contribution in [0.15, 0.2) is 57.9 Å². The average molecular weight is 393 g/mol. The summed E-state index contributed by atoms with van der Waals surface area (Å²) in [7, 11) is 1.64. The Labute approximate surface area is 150 Å². The van der Waals surface area contributed by atoms with Gasteiger partial charge in [0.15, 0.2) is 0 Å². The molecular weight excluding hydrogens is 372 g/mol. The first kappa shape index (κ1) is 18.0. The van der Waals surface area contributed by atoms with Gasteiger partial charge >= 0.3 is 0 Å². The molecule has 0 fully saturated rings. The highest BCUT2D eigenvalue weighted by molar-refractivity contribution is 9.10. The van der Waals surface area contributed by atoms with Crippen LogP contribution in [0.4, 0.5) is 0 Å². The zero-order valence-corrected chi connectivity index (χ0v) is 15.7. The molecular formula is C18H21BrN2OS. The van der Waals surface area contributed by atoms with Crippen molar-refractivity contribution in [1.82, 2.24) is 10.6 Å². The number of halogens is 1. The maximum atomic E-state index is 11.5. The average Bonchev–Trinajstić information content (AvgIpc) is 2.57. The van der Waals surface area contributed by atoms with Crippen molar-refractivity contribution in [2.24, 2.45) is 0 Å². The minimum absolute atomic E-state index is 0.0518. The first-order chi connectivity index (χ1) is 11.1. The normalized spacial score (nSPS) is 12.0. The van der Waals surface area contributed by atoms with Crippen LogP contribution in [0.3, 0.4) is 0 Å². The third-order valence-electron chi connectivity index (χ3n) is 3.36. The monoisotopic (exact) mass is 392 g/mol. The Morgan fingerprint density at radius 3 is 2.39 bits per heavy atom. The van der Waals surface area contributed by atoms with Crippen molar-refractivity contribution in [2.75, 3.05) is 13.6 Å². The first-order valence-electron chi connectivity index (χ1n) is 7.52. The highest BCUT2D eigenvalue weighted by Gasteiger charge is 2.05. The minimum Gasteiger partial charge on any atom is -0.355 e. The molecule has 0 radical (unpaired) electrons. The van der Waals surface area contributed by atoms with Crippen molar-refractivity contribution in [3.8, 4) is 0 Å². The van der Waals surface area contributed by atoms with Gasteiger partial charge in [0.2, 0.25) is 0 Å². The maximum Gasteiger partial charge on any atom is 0.251 e. The van der Waals surface area contributed by atoms with Gasteiger partial charge in [-0.05, 0) is 42.0 Å². The zero-order chi connectivity index (χ0) is 16.7. The van der Waals surface area contributed by atoms with Gasteiger partial charge in [-0.3, -0.25) is 4.79 Å². The fourth-order valence-electron chi connectivity index (χ4n) is 2.13. The van der Waals surface area contributed by atoms with Crippen molar-refractivity contribution < 1.29 is 4.79 Å². The van der Waals surface area contributed by atoms with Crippen LogP contribution < -0.4 is 10.6 Å². The van der Waals surface area contributed by atoms with Crippen LogP contribution >= 0.6 is 27.7 Å². The molecule has 122 valence electrons. The molecule has 0 aliphatic heterocycles. The first-order valence-corrected chi connectivity index (χ1v) is 9.19. The van der Waals surface area contributed by atoms with Crippen LogP contribution in [-0.2, 0) is 6.54 Å². The van der Waals surface area contributed by atoms with E-state index in [0.717, 1.165) is 17.6 Å². The van der Waals surface area contributed by atoms with Crippen LogP contribution in [0.5, 0.6) is 0 Å². The SMILES string of the molecule is CNC(=O)c1ccc(CNCC(C)Sc2ccc(Br)cc2)cc1. The van der Waals surface area contributed by atoms with Crippen molar-refractivity contribution in [3.05, 3.63) is 64.1 Å². The summed E-state index contributed by atoms with van der Waals surface area (Å²) >= 11 is 5.31. The Morgan fingerprint density at radius 1 is 1.13 bits per heavy atom. The lowest BCUT2D eigenvalue weighted by Gasteiger charge is -2.13. The number of carbonyl (C=O) groups excluding carboxylic acids is 1. The Kier molecular flexibility index (Phi) is 7.15. The number of benzene rings is 2. The fourth-order valence-corrected chi connectivity index (χ4v) is 3.35. The number of nitrogens with one attached hydrogen (secondary N) is 2. The number of amides is 1. The van der Waals surface area contributed by atoms with Gasteiger partial charge in [0.1, 0.15) is 0 Å². The molecule has 0 aliphatic rings. The molecule has 0 saturated heterocycles. The second kappa shape index (κ2) is 9.11. The van der Waals surface area contributed by atoms with Crippen LogP contribution in [0, 0.1) is 0 Å². The molecule has 0 aromatic heterocycles. The number of hydrogen-bond acceptors (Lipinski definition) is 3. The molecule has 1 atom stereocenters. The van der Waals surface area contributed by atoms with Gasteiger partial charge in [0.25, 0.3) is 5.91 Å². The van der Waals surface area contributed by atoms with Crippen LogP contribution in [0.25, 0.3) is 0 Å². The molecule has 1 amide bonds. The molecule has 2 aromatic carbocycles. The largest absolute Gasteiger partial charge is 0.355 e. The number of thioether (sulfide) groups is 1. The molecule has 2 aromatic rings. The summed E-state index contributed by atoms with van der Waals surface area (Å²) < 4.78 is 1.10. The summed E-state index contributed by atoms with van der Waals surface area (Å²) in [6, 6.07) is 16.1. The number of carbonyl (C=O) groups is 1. The minimum atomic E-state index is -0.0518. The summed E-state index contributed by atoms with van der Waals surface area (Å²) in [5.74, 6) is -0.0518. The molecule has 0 saturated carbocycles. The van der Waals surface area contributed by atoms with E-state index in [0.29, 0.717) is 10.8 Å². The third kappa shape index (κ3) is 6.01. The standard InChI is InChI=1S/C18H21BrN2OS/c1-13(23-17-9-7-16(19)8-10-17)11-21-12-14-3-5-15(6-4-14)18(22)20-2/h3-10,13,21H,11-12H2,1-2H3,(H,20,22). The van der Waals surface area contributed by atoms with E-state index in [4.69, 9.17) is 0 Å². The molecule has 0 aliphatic carbocycles. The van der Waals surface area contributed by atoms with E-state index in [9.17, 15) is 4.79 Å². The van der Waals surface area contributed by atoms with Gasteiger partial charge in [0.05, 0.1) is 0 Å². The van der Waals surface area contributed by atoms with Gasteiger partial charge in [-0.15, -0.1) is 11.8 Å². The third-order valence-corrected chi connectivity index (χ3v) is 5.00. The highest BCUT2D eigenvalue weighted by atomic mass is 79.9. The van der Waals surface area contributed by atoms with Gasteiger partial charge in [-0.2, -0.15) is 0 Å². The van der Waals surface area contributed by atoms with E-state index in [1.165, 1.54) is 10.5 Å². The van der Waals surface area contributed by atoms with Gasteiger partial charge in [-0.1, -0.05) is 35.0 Å². The summed E-state index contributed by atoms with van der Waals surface area (Å²) in [5, 5.41) is 6.58. The van der Waals surface area contributed by atoms with Crippen molar-refractivity contribution in [1.29, 1.82) is 0 Å². The van der Waals surface area contributed by atoms with Crippen LogP contribution in [-0.4, -0.2) is 24.7 Å². The molecule has 3 nitrogen and oxygen atoms in total. The Hall–Kier alpha value is -1.30. The molecule has 5 heteroatoms. The smallest absolute Gasteiger partial charge is 0.251 e. The number of hydrogen-bond donors (Lipinski definition) is 2. The molecule has 2 rings (SSSR count). The lowest BCUT2D eigenvalue weighted by molar-refractivity contribution is 0.0963. The maximum absolute atomic E-state index is 11.5. The predicted octanol–water partition coefficient (Wildman–Crippen LogP) is 4.08. The Morgan fingerprint density at radius 2 is 1.78 bits per heavy atom. The zero-order valence-electron chi connectivity index (χ0n) is 13.3. The Balaban J connectivity index is 1.75. The van der Waals surface area contributed by atoms with Crippen molar-refractivity contribution in [2.45, 2.75) is 23.6 Å². The Bertz CT molecular complexity index is 628. The van der Waals surface area contributed by atoms with Crippen molar-refractivity contribution >= 4 is 33.6 Å². The molecule has 0 spiro atoms. The van der Waals surface area contributed by atoms with E-state index in [-0.39, 0.29) is 5.91 Å². The van der Waals surface area contributed by atoms with Gasteiger partial charge in [-0.25, -0.2) is 0 Å². The van der Waals surface area contributed by atoms with E-state index >= 15 is 0 Å². The topological polar surface area (TPSA) is 41.1 Å². The summed E-state index contributed by atoms with van der Waals surface area (Å²) in [5.41, 5.74) is 1.87. The van der Waals surface area contributed by atoms with Crippen LogP contribution in [0.2, 0.25) is 0 Å². The lowest BCUT2D eigenvalue weighted by atomic mass is 10.1. The van der Waals surface area contributed by atoms with E-state index < -0.39 is 0 Å². The summed E-state index contributed by atoms with van der Waals surface area (Å²) in [6.45, 7) is 3.95. The van der Waals surface area contributed by atoms with Crippen molar-refractivity contribution in [3.63, 3.8) is 0 Å². The predicted molar refractivity (Wildman–Crippen MR) is 101 cm³/mol. The van der Waals surface area contributed by atoms with Gasteiger partial charge < -0.3 is 10.6 Å². The quantitative estimate of drug-likeness (QED) is 0.697. The second-order valence-corrected chi connectivity index (χ2v) is 7.72. The second-order valence-electron chi connectivity index (χ2n) is 5.29.